The molecule has 0 aromatic carbocycles. The van der Waals surface area contributed by atoms with Gasteiger partial charge in [0.05, 0.1) is 24.4 Å². The minimum atomic E-state index is -0.409. The quantitative estimate of drug-likeness (QED) is 0.751. The van der Waals surface area contributed by atoms with Crippen LogP contribution in [0.3, 0.4) is 0 Å². The molecule has 1 atom stereocenters. The molecule has 0 fully saturated rings. The maximum Gasteiger partial charge on any atom is 0.168 e. The molecule has 0 unspecified atom stereocenters. The first kappa shape index (κ1) is 15.8. The molecule has 0 amide bonds. The number of nitrogens with zero attached hydrogens (tertiary/aromatic N) is 2. The molecular weight excluding hydrogens is 274 g/mol. The summed E-state index contributed by atoms with van der Waals surface area (Å²) in [5.41, 5.74) is 0.672. The van der Waals surface area contributed by atoms with E-state index in [1.54, 1.807) is 0 Å². The van der Waals surface area contributed by atoms with Crippen LogP contribution < -0.4 is 5.32 Å². The standard InChI is InChI=1S/C11H20ClN3O2S/c1-11(2,3)13-6-8(16)4-5-17-7-9-10(12)15-18-14-9/h8,13,16H,4-7H2,1-3H3/t8-/m1/s1. The van der Waals surface area contributed by atoms with Crippen LogP contribution in [0.1, 0.15) is 32.9 Å². The summed E-state index contributed by atoms with van der Waals surface area (Å²) in [7, 11) is 0. The van der Waals surface area contributed by atoms with Crippen molar-refractivity contribution in [3.8, 4) is 0 Å². The minimum absolute atomic E-state index is 0.0155. The van der Waals surface area contributed by atoms with Gasteiger partial charge in [-0.2, -0.15) is 8.75 Å². The number of aliphatic hydroxyl groups excluding tert-OH is 1. The van der Waals surface area contributed by atoms with Crippen molar-refractivity contribution < 1.29 is 9.84 Å². The van der Waals surface area contributed by atoms with Gasteiger partial charge in [-0.25, -0.2) is 0 Å². The van der Waals surface area contributed by atoms with Gasteiger partial charge < -0.3 is 15.2 Å². The summed E-state index contributed by atoms with van der Waals surface area (Å²) in [4.78, 5) is 0. The van der Waals surface area contributed by atoms with Crippen molar-refractivity contribution in [2.24, 2.45) is 0 Å². The fourth-order valence-electron chi connectivity index (χ4n) is 1.20. The van der Waals surface area contributed by atoms with Crippen LogP contribution in [-0.2, 0) is 11.3 Å². The lowest BCUT2D eigenvalue weighted by Gasteiger charge is -2.22. The van der Waals surface area contributed by atoms with Gasteiger partial charge in [0.15, 0.2) is 5.15 Å². The van der Waals surface area contributed by atoms with Crippen LogP contribution in [0.2, 0.25) is 5.15 Å². The van der Waals surface area contributed by atoms with Gasteiger partial charge >= 0.3 is 0 Å². The summed E-state index contributed by atoms with van der Waals surface area (Å²) >= 11 is 6.85. The Morgan fingerprint density at radius 2 is 2.17 bits per heavy atom. The lowest BCUT2D eigenvalue weighted by molar-refractivity contribution is 0.0695. The van der Waals surface area contributed by atoms with E-state index in [9.17, 15) is 5.11 Å². The molecule has 7 heteroatoms. The molecule has 2 N–H and O–H groups in total. The number of nitrogens with one attached hydrogen (secondary N) is 1. The van der Waals surface area contributed by atoms with Gasteiger partial charge in [0.25, 0.3) is 0 Å². The van der Waals surface area contributed by atoms with Gasteiger partial charge in [-0.3, -0.25) is 0 Å². The highest BCUT2D eigenvalue weighted by atomic mass is 35.5. The summed E-state index contributed by atoms with van der Waals surface area (Å²) in [6.45, 7) is 7.57. The molecule has 1 rings (SSSR count). The van der Waals surface area contributed by atoms with Gasteiger partial charge in [0, 0.05) is 18.7 Å². The van der Waals surface area contributed by atoms with Crippen LogP contribution in [0, 0.1) is 0 Å². The summed E-state index contributed by atoms with van der Waals surface area (Å²) in [6, 6.07) is 0. The van der Waals surface area contributed by atoms with E-state index in [4.69, 9.17) is 16.3 Å². The average Bonchev–Trinajstić information content (AvgIpc) is 2.67. The van der Waals surface area contributed by atoms with Crippen LogP contribution in [-0.4, -0.2) is 38.6 Å². The number of aromatic nitrogens is 2. The number of aliphatic hydroxyl groups is 1. The Hall–Kier alpha value is -0.270. The van der Waals surface area contributed by atoms with E-state index in [2.05, 4.69) is 34.8 Å². The second-order valence-corrected chi connectivity index (χ2v) is 6.01. The Morgan fingerprint density at radius 3 is 2.72 bits per heavy atom. The largest absolute Gasteiger partial charge is 0.392 e. The van der Waals surface area contributed by atoms with E-state index >= 15 is 0 Å². The predicted octanol–water partition coefficient (Wildman–Crippen LogP) is 1.85. The highest BCUT2D eigenvalue weighted by Gasteiger charge is 2.12. The molecular formula is C11H20ClN3O2S. The summed E-state index contributed by atoms with van der Waals surface area (Å²) in [6.07, 6.45) is 0.173. The van der Waals surface area contributed by atoms with Crippen molar-refractivity contribution >= 4 is 23.3 Å². The van der Waals surface area contributed by atoms with E-state index in [-0.39, 0.29) is 5.54 Å². The van der Waals surface area contributed by atoms with Crippen molar-refractivity contribution in [2.45, 2.75) is 45.4 Å². The summed E-state index contributed by atoms with van der Waals surface area (Å²) < 4.78 is 13.2. The van der Waals surface area contributed by atoms with Gasteiger partial charge in [0.2, 0.25) is 0 Å². The number of hydrogen-bond acceptors (Lipinski definition) is 6. The maximum atomic E-state index is 9.73. The Kier molecular flexibility index (Phi) is 6.45. The summed E-state index contributed by atoms with van der Waals surface area (Å²) in [5, 5.41) is 13.4. The molecule has 0 saturated heterocycles. The molecule has 0 spiro atoms. The van der Waals surface area contributed by atoms with Gasteiger partial charge in [-0.1, -0.05) is 11.6 Å². The van der Waals surface area contributed by atoms with Crippen molar-refractivity contribution in [2.75, 3.05) is 13.2 Å². The highest BCUT2D eigenvalue weighted by Crippen LogP contribution is 2.13. The third-order valence-electron chi connectivity index (χ3n) is 2.21. The lowest BCUT2D eigenvalue weighted by atomic mass is 10.1. The van der Waals surface area contributed by atoms with Crippen molar-refractivity contribution in [1.82, 2.24) is 14.1 Å². The maximum absolute atomic E-state index is 9.73. The van der Waals surface area contributed by atoms with E-state index in [1.807, 2.05) is 0 Å². The Balaban J connectivity index is 2.09. The molecule has 0 aliphatic rings. The molecule has 18 heavy (non-hydrogen) atoms. The molecule has 0 radical (unpaired) electrons. The number of β-amino-alcohol motifs (C(OH)–C–C–N with tert-alkyl or cyclic N) is 1. The zero-order valence-corrected chi connectivity index (χ0v) is 12.5. The van der Waals surface area contributed by atoms with Crippen molar-refractivity contribution in [3.05, 3.63) is 10.8 Å². The Bertz CT molecular complexity index is 354. The first-order chi connectivity index (χ1) is 8.38. The molecule has 1 heterocycles. The Labute approximate surface area is 117 Å². The van der Waals surface area contributed by atoms with Crippen LogP contribution in [0.5, 0.6) is 0 Å². The normalized spacial score (nSPS) is 13.8. The third kappa shape index (κ3) is 6.61. The van der Waals surface area contributed by atoms with E-state index in [0.29, 0.717) is 37.0 Å². The van der Waals surface area contributed by atoms with Crippen LogP contribution >= 0.6 is 23.3 Å². The van der Waals surface area contributed by atoms with E-state index in [1.165, 1.54) is 0 Å². The van der Waals surface area contributed by atoms with Gasteiger partial charge in [-0.05, 0) is 27.2 Å². The molecule has 1 aromatic rings. The highest BCUT2D eigenvalue weighted by molar-refractivity contribution is 6.99. The van der Waals surface area contributed by atoms with Gasteiger partial charge in [-0.15, -0.1) is 0 Å². The SMILES string of the molecule is CC(C)(C)NC[C@H](O)CCOCc1nsnc1Cl. The topological polar surface area (TPSA) is 67.3 Å². The zero-order chi connectivity index (χ0) is 13.6. The monoisotopic (exact) mass is 293 g/mol. The van der Waals surface area contributed by atoms with Crippen LogP contribution in [0.4, 0.5) is 0 Å². The first-order valence-corrected chi connectivity index (χ1v) is 6.97. The predicted molar refractivity (Wildman–Crippen MR) is 73.0 cm³/mol. The molecule has 5 nitrogen and oxygen atoms in total. The first-order valence-electron chi connectivity index (χ1n) is 5.86. The minimum Gasteiger partial charge on any atom is -0.392 e. The second kappa shape index (κ2) is 7.35. The zero-order valence-electron chi connectivity index (χ0n) is 10.9. The van der Waals surface area contributed by atoms with Crippen LogP contribution in [0.25, 0.3) is 0 Å². The Morgan fingerprint density at radius 1 is 1.44 bits per heavy atom. The van der Waals surface area contributed by atoms with Crippen molar-refractivity contribution in [3.63, 3.8) is 0 Å². The second-order valence-electron chi connectivity index (χ2n) is 5.13. The molecule has 0 bridgehead atoms. The molecule has 0 aliphatic heterocycles. The number of hydrogen-bond donors (Lipinski definition) is 2. The molecule has 0 saturated carbocycles. The lowest BCUT2D eigenvalue weighted by Crippen LogP contribution is -2.41. The molecule has 104 valence electrons. The number of ether oxygens (including phenoxy) is 1. The number of halogens is 1. The smallest absolute Gasteiger partial charge is 0.168 e. The molecule has 1 aromatic heterocycles. The fourth-order valence-corrected chi connectivity index (χ4v) is 1.89. The van der Waals surface area contributed by atoms with E-state index in [0.717, 1.165) is 11.7 Å². The number of rotatable bonds is 7. The summed E-state index contributed by atoms with van der Waals surface area (Å²) in [5.74, 6) is 0. The fraction of sp³-hybridized carbons (Fsp3) is 0.818. The third-order valence-corrected chi connectivity index (χ3v) is 3.18. The molecule has 0 aliphatic carbocycles. The van der Waals surface area contributed by atoms with Crippen LogP contribution in [0.15, 0.2) is 0 Å². The van der Waals surface area contributed by atoms with Crippen molar-refractivity contribution in [1.29, 1.82) is 0 Å². The van der Waals surface area contributed by atoms with E-state index < -0.39 is 6.10 Å². The average molecular weight is 294 g/mol. The van der Waals surface area contributed by atoms with Gasteiger partial charge in [0.1, 0.15) is 5.69 Å².